The molecule has 178 valence electrons. The Hall–Kier alpha value is -3.31. The van der Waals surface area contributed by atoms with Crippen LogP contribution in [0, 0.1) is 5.92 Å². The van der Waals surface area contributed by atoms with E-state index in [1.807, 2.05) is 18.2 Å². The number of piperidine rings is 1. The molecule has 1 aromatic carbocycles. The van der Waals surface area contributed by atoms with Crippen molar-refractivity contribution in [1.29, 1.82) is 0 Å². The highest BCUT2D eigenvalue weighted by atomic mass is 35.5. The molecule has 4 heterocycles. The van der Waals surface area contributed by atoms with Crippen LogP contribution in [0.2, 0.25) is 5.02 Å². The van der Waals surface area contributed by atoms with Crippen LogP contribution in [0.25, 0.3) is 17.0 Å². The molecule has 5 rings (SSSR count). The zero-order valence-electron chi connectivity index (χ0n) is 18.3. The maximum Gasteiger partial charge on any atom is 0.338 e. The first-order valence-corrected chi connectivity index (χ1v) is 11.0. The third-order valence-electron chi connectivity index (χ3n) is 6.27. The van der Waals surface area contributed by atoms with Gasteiger partial charge in [0, 0.05) is 30.0 Å². The number of carboxylic acid groups (broad SMARTS) is 1. The van der Waals surface area contributed by atoms with Crippen LogP contribution in [0.15, 0.2) is 47.7 Å². The summed E-state index contributed by atoms with van der Waals surface area (Å²) < 4.78 is 2.98. The number of aromatic carboxylic acids is 1. The van der Waals surface area contributed by atoms with E-state index in [9.17, 15) is 9.59 Å². The van der Waals surface area contributed by atoms with Crippen LogP contribution in [-0.2, 0) is 0 Å². The molecule has 0 unspecified atom stereocenters. The summed E-state index contributed by atoms with van der Waals surface area (Å²) in [5.74, 6) is -0.610. The molecular weight excluding hydrogens is 478 g/mol. The van der Waals surface area contributed by atoms with Gasteiger partial charge in [-0.15, -0.1) is 0 Å². The molecule has 2 N–H and O–H groups in total. The zero-order valence-corrected chi connectivity index (χ0v) is 20.1. The fraction of sp³-hybridized carbons (Fsp3) is 0.318. The van der Waals surface area contributed by atoms with Gasteiger partial charge in [0.05, 0.1) is 24.0 Å². The SMILES string of the molecule is C[C@@H](C1CCN(c2cccc(Cl)c2)CC1)n1ncc2nc(-n3cc(C(=O)O)cn3)[nH]c(=O)c21.S. The van der Waals surface area contributed by atoms with Crippen LogP contribution in [0.3, 0.4) is 0 Å². The predicted octanol–water partition coefficient (Wildman–Crippen LogP) is 3.25. The number of hydrogen-bond donors (Lipinski definition) is 2. The molecule has 0 bridgehead atoms. The minimum atomic E-state index is -1.10. The second-order valence-electron chi connectivity index (χ2n) is 8.24. The molecule has 1 fully saturated rings. The number of nitrogens with zero attached hydrogens (tertiary/aromatic N) is 6. The van der Waals surface area contributed by atoms with Crippen LogP contribution in [-0.4, -0.2) is 53.7 Å². The lowest BCUT2D eigenvalue weighted by atomic mass is 9.90. The summed E-state index contributed by atoms with van der Waals surface area (Å²) in [6, 6.07) is 7.90. The Morgan fingerprint density at radius 1 is 1.24 bits per heavy atom. The molecule has 0 spiro atoms. The van der Waals surface area contributed by atoms with E-state index in [2.05, 4.69) is 38.1 Å². The molecule has 3 aromatic heterocycles. The third-order valence-corrected chi connectivity index (χ3v) is 6.51. The van der Waals surface area contributed by atoms with E-state index in [1.54, 1.807) is 10.9 Å². The van der Waals surface area contributed by atoms with E-state index in [0.29, 0.717) is 17.0 Å². The summed E-state index contributed by atoms with van der Waals surface area (Å²) >= 11 is 6.14. The summed E-state index contributed by atoms with van der Waals surface area (Å²) in [4.78, 5) is 33.5. The van der Waals surface area contributed by atoms with Crippen molar-refractivity contribution >= 4 is 47.8 Å². The highest BCUT2D eigenvalue weighted by Crippen LogP contribution is 2.32. The topological polar surface area (TPSA) is 122 Å². The van der Waals surface area contributed by atoms with Crippen LogP contribution in [0.5, 0.6) is 0 Å². The van der Waals surface area contributed by atoms with E-state index in [1.165, 1.54) is 17.1 Å². The number of nitrogens with one attached hydrogen (secondary N) is 1. The Morgan fingerprint density at radius 2 is 2.00 bits per heavy atom. The van der Waals surface area contributed by atoms with Crippen LogP contribution < -0.4 is 10.5 Å². The summed E-state index contributed by atoms with van der Waals surface area (Å²) in [5.41, 5.74) is 1.61. The monoisotopic (exact) mass is 501 g/mol. The maximum atomic E-state index is 12.9. The number of anilines is 1. The first-order valence-electron chi connectivity index (χ1n) is 10.7. The molecule has 10 nitrogen and oxygen atoms in total. The number of H-pyrrole nitrogens is 1. The highest BCUT2D eigenvalue weighted by molar-refractivity contribution is 7.59. The van der Waals surface area contributed by atoms with Gasteiger partial charge in [-0.1, -0.05) is 17.7 Å². The Morgan fingerprint density at radius 3 is 2.68 bits per heavy atom. The Bertz CT molecular complexity index is 1390. The molecule has 1 aliphatic heterocycles. The molecule has 0 aliphatic carbocycles. The number of fused-ring (bicyclic) bond motifs is 1. The van der Waals surface area contributed by atoms with Gasteiger partial charge in [-0.3, -0.25) is 14.5 Å². The van der Waals surface area contributed by atoms with Gasteiger partial charge < -0.3 is 10.0 Å². The molecule has 4 aromatic rings. The van der Waals surface area contributed by atoms with Crippen LogP contribution in [0.1, 0.15) is 36.2 Å². The van der Waals surface area contributed by atoms with Gasteiger partial charge in [-0.25, -0.2) is 14.5 Å². The summed E-state index contributed by atoms with van der Waals surface area (Å²) in [6.07, 6.45) is 5.99. The van der Waals surface area contributed by atoms with Crippen molar-refractivity contribution in [3.63, 3.8) is 0 Å². The van der Waals surface area contributed by atoms with Crippen molar-refractivity contribution in [3.05, 3.63) is 63.8 Å². The van der Waals surface area contributed by atoms with Crippen LogP contribution >= 0.6 is 25.1 Å². The standard InChI is InChI=1S/C22H22ClN7O3.H2S/c1-13(14-5-7-28(8-6-14)17-4-2-3-16(23)9-17)30-19-18(11-25-30)26-22(27-20(19)31)29-12-15(10-24-29)21(32)33;/h2-4,9-14H,5-8H2,1H3,(H,32,33)(H,26,27,31);1H2/t13-;/m0./s1. The smallest absolute Gasteiger partial charge is 0.338 e. The lowest BCUT2D eigenvalue weighted by Gasteiger charge is -2.36. The van der Waals surface area contributed by atoms with E-state index >= 15 is 0 Å². The fourth-order valence-electron chi connectivity index (χ4n) is 4.44. The first-order chi connectivity index (χ1) is 15.9. The van der Waals surface area contributed by atoms with Crippen LogP contribution in [0.4, 0.5) is 5.69 Å². The predicted molar refractivity (Wildman–Crippen MR) is 134 cm³/mol. The molecule has 1 saturated heterocycles. The summed E-state index contributed by atoms with van der Waals surface area (Å²) in [7, 11) is 0. The number of carboxylic acids is 1. The normalized spacial score (nSPS) is 15.3. The molecule has 0 saturated carbocycles. The summed E-state index contributed by atoms with van der Waals surface area (Å²) in [6.45, 7) is 3.88. The number of benzene rings is 1. The van der Waals surface area contributed by atoms with Gasteiger partial charge in [0.2, 0.25) is 5.95 Å². The average Bonchev–Trinajstić information content (AvgIpc) is 3.47. The third kappa shape index (κ3) is 4.40. The number of rotatable bonds is 5. The molecule has 34 heavy (non-hydrogen) atoms. The fourth-order valence-corrected chi connectivity index (χ4v) is 4.62. The van der Waals surface area contributed by atoms with Gasteiger partial charge in [-0.2, -0.15) is 23.7 Å². The maximum absolute atomic E-state index is 12.9. The number of hydrogen-bond acceptors (Lipinski definition) is 6. The highest BCUT2D eigenvalue weighted by Gasteiger charge is 2.27. The molecule has 12 heteroatoms. The van der Waals surface area contributed by atoms with E-state index in [-0.39, 0.29) is 36.6 Å². The minimum absolute atomic E-state index is 0. The van der Waals surface area contributed by atoms with Crippen molar-refractivity contribution in [3.8, 4) is 5.95 Å². The van der Waals surface area contributed by atoms with E-state index in [4.69, 9.17) is 16.7 Å². The molecule has 0 amide bonds. The molecule has 0 radical (unpaired) electrons. The van der Waals surface area contributed by atoms with Gasteiger partial charge in [0.1, 0.15) is 5.52 Å². The molecular formula is C22H24ClN7O3S. The van der Waals surface area contributed by atoms with E-state index < -0.39 is 5.97 Å². The largest absolute Gasteiger partial charge is 0.478 e. The van der Waals surface area contributed by atoms with Crippen molar-refractivity contribution in [2.45, 2.75) is 25.8 Å². The average molecular weight is 502 g/mol. The number of aromatic amines is 1. The Balaban J connectivity index is 0.00000274. The van der Waals surface area contributed by atoms with E-state index in [0.717, 1.165) is 36.6 Å². The second kappa shape index (κ2) is 9.51. The van der Waals surface area contributed by atoms with Crippen molar-refractivity contribution in [1.82, 2.24) is 29.5 Å². The molecule has 1 aliphatic rings. The lowest BCUT2D eigenvalue weighted by molar-refractivity contribution is 0.0697. The van der Waals surface area contributed by atoms with Crippen molar-refractivity contribution in [2.75, 3.05) is 18.0 Å². The number of halogens is 1. The Labute approximate surface area is 206 Å². The summed E-state index contributed by atoms with van der Waals surface area (Å²) in [5, 5.41) is 18.3. The first kappa shape index (κ1) is 23.8. The number of aromatic nitrogens is 6. The number of carbonyl (C=O) groups is 1. The minimum Gasteiger partial charge on any atom is -0.478 e. The molecule has 1 atom stereocenters. The van der Waals surface area contributed by atoms with Crippen molar-refractivity contribution < 1.29 is 9.90 Å². The van der Waals surface area contributed by atoms with Crippen molar-refractivity contribution in [2.24, 2.45) is 5.92 Å². The van der Waals surface area contributed by atoms with Gasteiger partial charge in [-0.05, 0) is 43.9 Å². The Kier molecular flexibility index (Phi) is 6.67. The zero-order chi connectivity index (χ0) is 23.1. The quantitative estimate of drug-likeness (QED) is 0.430. The second-order valence-corrected chi connectivity index (χ2v) is 8.67. The van der Waals surface area contributed by atoms with Gasteiger partial charge >= 0.3 is 5.97 Å². The lowest BCUT2D eigenvalue weighted by Crippen LogP contribution is -2.36. The van der Waals surface area contributed by atoms with Gasteiger partial charge in [0.15, 0.2) is 5.52 Å². The van der Waals surface area contributed by atoms with Gasteiger partial charge in [0.25, 0.3) is 5.56 Å².